The highest BCUT2D eigenvalue weighted by molar-refractivity contribution is 5.85. The van der Waals surface area contributed by atoms with Crippen LogP contribution in [0.25, 0.3) is 5.69 Å². The van der Waals surface area contributed by atoms with Crippen molar-refractivity contribution in [2.24, 2.45) is 0 Å². The number of ether oxygens (including phenoxy) is 1. The fourth-order valence-electron chi connectivity index (χ4n) is 1.79. The van der Waals surface area contributed by atoms with E-state index in [-0.39, 0.29) is 24.9 Å². The Morgan fingerprint density at radius 3 is 3.00 bits per heavy atom. The Morgan fingerprint density at radius 2 is 2.27 bits per heavy atom. The van der Waals surface area contributed by atoms with E-state index in [0.717, 1.165) is 11.3 Å². The van der Waals surface area contributed by atoms with Crippen molar-refractivity contribution in [3.8, 4) is 5.69 Å². The van der Waals surface area contributed by atoms with E-state index in [1.165, 1.54) is 6.33 Å². The lowest BCUT2D eigenvalue weighted by molar-refractivity contribution is -0.120. The molecule has 2 N–H and O–H groups in total. The zero-order chi connectivity index (χ0) is 14.9. The molecule has 0 bridgehead atoms. The molecule has 0 radical (unpaired) electrons. The number of amides is 1. The molecular weight excluding hydrogens is 306 g/mol. The number of hydrogen-bond donors (Lipinski definition) is 2. The maximum absolute atomic E-state index is 11.7. The quantitative estimate of drug-likeness (QED) is 0.692. The molecule has 2 rings (SSSR count). The van der Waals surface area contributed by atoms with Gasteiger partial charge >= 0.3 is 0 Å². The third-order valence-corrected chi connectivity index (χ3v) is 2.85. The van der Waals surface area contributed by atoms with Crippen LogP contribution >= 0.6 is 12.4 Å². The number of hydrogen-bond acceptors (Lipinski definition) is 5. The van der Waals surface area contributed by atoms with E-state index < -0.39 is 0 Å². The van der Waals surface area contributed by atoms with E-state index in [1.54, 1.807) is 18.1 Å². The van der Waals surface area contributed by atoms with Gasteiger partial charge in [0.2, 0.25) is 5.91 Å². The first-order valence-electron chi connectivity index (χ1n) is 6.70. The molecule has 0 atom stereocenters. The molecule has 2 aromatic rings. The van der Waals surface area contributed by atoms with E-state index in [4.69, 9.17) is 4.74 Å². The maximum atomic E-state index is 11.7. The van der Waals surface area contributed by atoms with Crippen LogP contribution < -0.4 is 10.6 Å². The Kier molecular flexibility index (Phi) is 8.13. The summed E-state index contributed by atoms with van der Waals surface area (Å²) < 4.78 is 6.57. The number of rotatable bonds is 8. The number of methoxy groups -OCH3 is 1. The molecule has 1 heterocycles. The first-order valence-corrected chi connectivity index (χ1v) is 6.70. The highest BCUT2D eigenvalue weighted by Crippen LogP contribution is 2.08. The molecule has 7 nitrogen and oxygen atoms in total. The lowest BCUT2D eigenvalue weighted by Gasteiger charge is -2.08. The molecule has 0 aliphatic carbocycles. The van der Waals surface area contributed by atoms with Crippen LogP contribution in [0.15, 0.2) is 36.9 Å². The highest BCUT2D eigenvalue weighted by Gasteiger charge is 2.02. The molecule has 0 saturated carbocycles. The molecule has 1 amide bonds. The molecule has 0 saturated heterocycles. The molecule has 8 heteroatoms. The predicted octanol–water partition coefficient (Wildman–Crippen LogP) is 0.541. The van der Waals surface area contributed by atoms with Gasteiger partial charge in [0.1, 0.15) is 12.7 Å². The summed E-state index contributed by atoms with van der Waals surface area (Å²) >= 11 is 0. The van der Waals surface area contributed by atoms with Crippen LogP contribution in [0.3, 0.4) is 0 Å². The number of nitrogens with one attached hydrogen (secondary N) is 2. The van der Waals surface area contributed by atoms with Crippen LogP contribution in [0.4, 0.5) is 0 Å². The van der Waals surface area contributed by atoms with Crippen molar-refractivity contribution >= 4 is 18.3 Å². The third-order valence-electron chi connectivity index (χ3n) is 2.85. The number of halogens is 1. The molecule has 0 aliphatic rings. The Balaban J connectivity index is 0.00000242. The lowest BCUT2D eigenvalue weighted by atomic mass is 10.2. The first kappa shape index (κ1) is 18.1. The fourth-order valence-corrected chi connectivity index (χ4v) is 1.79. The van der Waals surface area contributed by atoms with Gasteiger partial charge in [-0.05, 0) is 17.7 Å². The number of benzene rings is 1. The second-order valence-corrected chi connectivity index (χ2v) is 4.46. The van der Waals surface area contributed by atoms with Gasteiger partial charge in [-0.25, -0.2) is 9.67 Å². The summed E-state index contributed by atoms with van der Waals surface area (Å²) in [5, 5.41) is 9.93. The molecule has 0 aliphatic heterocycles. The number of nitrogens with zero attached hydrogens (tertiary/aromatic N) is 3. The molecule has 1 aromatic carbocycles. The first-order chi connectivity index (χ1) is 10.3. The molecule has 0 spiro atoms. The minimum Gasteiger partial charge on any atom is -0.383 e. The molecule has 22 heavy (non-hydrogen) atoms. The van der Waals surface area contributed by atoms with Gasteiger partial charge in [0.15, 0.2) is 0 Å². The SMILES string of the molecule is COCCNCC(=O)NCc1cccc(-n2cncn2)c1.Cl. The second kappa shape index (κ2) is 9.88. The normalized spacial score (nSPS) is 10.0. The van der Waals surface area contributed by atoms with Gasteiger partial charge < -0.3 is 15.4 Å². The van der Waals surface area contributed by atoms with Crippen LogP contribution in [0.5, 0.6) is 0 Å². The van der Waals surface area contributed by atoms with Crippen LogP contribution in [-0.4, -0.2) is 47.5 Å². The van der Waals surface area contributed by atoms with Gasteiger partial charge in [0.25, 0.3) is 0 Å². The average Bonchev–Trinajstić information content (AvgIpc) is 3.04. The summed E-state index contributed by atoms with van der Waals surface area (Å²) in [6.45, 7) is 2.01. The fraction of sp³-hybridized carbons (Fsp3) is 0.357. The summed E-state index contributed by atoms with van der Waals surface area (Å²) in [7, 11) is 1.63. The highest BCUT2D eigenvalue weighted by atomic mass is 35.5. The number of aromatic nitrogens is 3. The van der Waals surface area contributed by atoms with Crippen molar-refractivity contribution in [2.75, 3.05) is 26.8 Å². The summed E-state index contributed by atoms with van der Waals surface area (Å²) in [5.74, 6) is -0.0442. The van der Waals surface area contributed by atoms with E-state index in [0.29, 0.717) is 19.7 Å². The van der Waals surface area contributed by atoms with Crippen LogP contribution in [0.1, 0.15) is 5.56 Å². The second-order valence-electron chi connectivity index (χ2n) is 4.46. The van der Waals surface area contributed by atoms with Crippen molar-refractivity contribution in [3.63, 3.8) is 0 Å². The van der Waals surface area contributed by atoms with Crippen molar-refractivity contribution in [1.29, 1.82) is 0 Å². The van der Waals surface area contributed by atoms with Crippen molar-refractivity contribution in [2.45, 2.75) is 6.54 Å². The largest absolute Gasteiger partial charge is 0.383 e. The minimum atomic E-state index is -0.0442. The smallest absolute Gasteiger partial charge is 0.234 e. The standard InChI is InChI=1S/C14H19N5O2.ClH/c1-21-6-5-15-9-14(20)17-8-12-3-2-4-13(7-12)19-11-16-10-18-19;/h2-4,7,10-11,15H,5-6,8-9H2,1H3,(H,17,20);1H. The Bertz CT molecular complexity index is 562. The van der Waals surface area contributed by atoms with E-state index >= 15 is 0 Å². The zero-order valence-electron chi connectivity index (χ0n) is 12.4. The van der Waals surface area contributed by atoms with Gasteiger partial charge in [-0.15, -0.1) is 12.4 Å². The third kappa shape index (κ3) is 5.80. The molecule has 0 fully saturated rings. The van der Waals surface area contributed by atoms with Crippen LogP contribution in [-0.2, 0) is 16.1 Å². The average molecular weight is 326 g/mol. The van der Waals surface area contributed by atoms with E-state index in [1.807, 2.05) is 24.3 Å². The van der Waals surface area contributed by atoms with E-state index in [9.17, 15) is 4.79 Å². The number of carbonyl (C=O) groups is 1. The van der Waals surface area contributed by atoms with Crippen LogP contribution in [0, 0.1) is 0 Å². The zero-order valence-corrected chi connectivity index (χ0v) is 13.2. The monoisotopic (exact) mass is 325 g/mol. The van der Waals surface area contributed by atoms with Gasteiger partial charge in [-0.3, -0.25) is 4.79 Å². The van der Waals surface area contributed by atoms with Crippen LogP contribution in [0.2, 0.25) is 0 Å². The topological polar surface area (TPSA) is 81.1 Å². The van der Waals surface area contributed by atoms with E-state index in [2.05, 4.69) is 20.7 Å². The molecule has 120 valence electrons. The van der Waals surface area contributed by atoms with Gasteiger partial charge in [0.05, 0.1) is 18.8 Å². The summed E-state index contributed by atoms with van der Waals surface area (Å²) in [6, 6.07) is 7.79. The minimum absolute atomic E-state index is 0. The van der Waals surface area contributed by atoms with Crippen molar-refractivity contribution < 1.29 is 9.53 Å². The molecule has 1 aromatic heterocycles. The maximum Gasteiger partial charge on any atom is 0.234 e. The lowest BCUT2D eigenvalue weighted by Crippen LogP contribution is -2.34. The molecule has 0 unspecified atom stereocenters. The predicted molar refractivity (Wildman–Crippen MR) is 85.2 cm³/mol. The van der Waals surface area contributed by atoms with Gasteiger partial charge in [-0.1, -0.05) is 12.1 Å². The van der Waals surface area contributed by atoms with Gasteiger partial charge in [-0.2, -0.15) is 5.10 Å². The van der Waals surface area contributed by atoms with Gasteiger partial charge in [0, 0.05) is 20.2 Å². The Labute approximate surface area is 135 Å². The molecular formula is C14H20ClN5O2. The summed E-state index contributed by atoms with van der Waals surface area (Å²) in [6.07, 6.45) is 3.12. The Morgan fingerprint density at radius 1 is 1.41 bits per heavy atom. The van der Waals surface area contributed by atoms with Crippen molar-refractivity contribution in [1.82, 2.24) is 25.4 Å². The van der Waals surface area contributed by atoms with Crippen molar-refractivity contribution in [3.05, 3.63) is 42.5 Å². The summed E-state index contributed by atoms with van der Waals surface area (Å²) in [4.78, 5) is 15.6. The number of carbonyl (C=O) groups excluding carboxylic acids is 1. The Hall–Kier alpha value is -1.96. The summed E-state index contributed by atoms with van der Waals surface area (Å²) in [5.41, 5.74) is 1.92.